The number of para-hydroxylation sites is 1. The first kappa shape index (κ1) is 9.77. The van der Waals surface area contributed by atoms with Crippen LogP contribution in [0.15, 0.2) is 35.1 Å². The fraction of sp³-hybridized carbons (Fsp3) is 0.250. The van der Waals surface area contributed by atoms with Crippen molar-refractivity contribution in [2.24, 2.45) is 7.05 Å². The maximum atomic E-state index is 12.0. The topological polar surface area (TPSA) is 26.9 Å². The minimum absolute atomic E-state index is 0.0567. The molecule has 0 aliphatic heterocycles. The van der Waals surface area contributed by atoms with E-state index in [4.69, 9.17) is 0 Å². The Bertz CT molecular complexity index is 535. The van der Waals surface area contributed by atoms with Crippen LogP contribution in [0.4, 0.5) is 0 Å². The highest BCUT2D eigenvalue weighted by molar-refractivity contribution is 5.32. The van der Waals surface area contributed by atoms with Crippen molar-refractivity contribution in [1.82, 2.24) is 9.36 Å². The predicted molar refractivity (Wildman–Crippen MR) is 60.5 cm³/mol. The Balaban J connectivity index is 2.75. The van der Waals surface area contributed by atoms with E-state index < -0.39 is 0 Å². The maximum absolute atomic E-state index is 12.0. The summed E-state index contributed by atoms with van der Waals surface area (Å²) in [6.07, 6.45) is 0. The molecule has 2 aromatic rings. The zero-order valence-electron chi connectivity index (χ0n) is 9.19. The van der Waals surface area contributed by atoms with E-state index in [9.17, 15) is 4.79 Å². The van der Waals surface area contributed by atoms with Crippen molar-refractivity contribution < 1.29 is 0 Å². The Labute approximate surface area is 88.6 Å². The summed E-state index contributed by atoms with van der Waals surface area (Å²) >= 11 is 0. The first-order chi connectivity index (χ1) is 7.13. The quantitative estimate of drug-likeness (QED) is 0.692. The van der Waals surface area contributed by atoms with E-state index in [1.54, 1.807) is 4.68 Å². The first-order valence-corrected chi connectivity index (χ1v) is 4.93. The van der Waals surface area contributed by atoms with Gasteiger partial charge in [0.25, 0.3) is 5.56 Å². The summed E-state index contributed by atoms with van der Waals surface area (Å²) in [7, 11) is 1.90. The monoisotopic (exact) mass is 202 g/mol. The highest BCUT2D eigenvalue weighted by Gasteiger charge is 2.11. The zero-order valence-corrected chi connectivity index (χ0v) is 9.19. The van der Waals surface area contributed by atoms with Gasteiger partial charge in [0.2, 0.25) is 0 Å². The molecule has 15 heavy (non-hydrogen) atoms. The average Bonchev–Trinajstić information content (AvgIpc) is 2.45. The standard InChI is InChI=1S/C12H14N2O/c1-9-10(2)13(3)14(12(9)15)11-7-5-4-6-8-11/h4-8H,1-3H3. The van der Waals surface area contributed by atoms with Crippen LogP contribution in [-0.2, 0) is 7.05 Å². The molecular formula is C12H14N2O. The zero-order chi connectivity index (χ0) is 11.0. The molecule has 1 aromatic carbocycles. The van der Waals surface area contributed by atoms with Gasteiger partial charge in [0.05, 0.1) is 5.69 Å². The minimum Gasteiger partial charge on any atom is -0.285 e. The lowest BCUT2D eigenvalue weighted by atomic mass is 10.3. The predicted octanol–water partition coefficient (Wildman–Crippen LogP) is 1.79. The molecule has 3 nitrogen and oxygen atoms in total. The van der Waals surface area contributed by atoms with Crippen LogP contribution >= 0.6 is 0 Å². The third kappa shape index (κ3) is 1.40. The molecule has 0 radical (unpaired) electrons. The van der Waals surface area contributed by atoms with Crippen molar-refractivity contribution in [2.45, 2.75) is 13.8 Å². The normalized spacial score (nSPS) is 10.6. The molecule has 78 valence electrons. The van der Waals surface area contributed by atoms with E-state index in [-0.39, 0.29) is 5.56 Å². The Morgan fingerprint density at radius 2 is 1.67 bits per heavy atom. The van der Waals surface area contributed by atoms with E-state index in [1.165, 1.54) is 0 Å². The van der Waals surface area contributed by atoms with E-state index in [0.29, 0.717) is 0 Å². The molecule has 0 atom stereocenters. The van der Waals surface area contributed by atoms with Gasteiger partial charge in [-0.2, -0.15) is 0 Å². The van der Waals surface area contributed by atoms with Gasteiger partial charge >= 0.3 is 0 Å². The molecule has 0 N–H and O–H groups in total. The summed E-state index contributed by atoms with van der Waals surface area (Å²) in [5.74, 6) is 0. The van der Waals surface area contributed by atoms with Crippen molar-refractivity contribution in [1.29, 1.82) is 0 Å². The molecular weight excluding hydrogens is 188 g/mol. The second kappa shape index (κ2) is 3.42. The van der Waals surface area contributed by atoms with Crippen LogP contribution in [0, 0.1) is 13.8 Å². The fourth-order valence-electron chi connectivity index (χ4n) is 1.70. The average molecular weight is 202 g/mol. The third-order valence-electron chi connectivity index (χ3n) is 2.84. The lowest BCUT2D eigenvalue weighted by molar-refractivity contribution is 0.630. The second-order valence-corrected chi connectivity index (χ2v) is 3.69. The molecule has 0 aliphatic carbocycles. The van der Waals surface area contributed by atoms with Gasteiger partial charge < -0.3 is 0 Å². The number of benzene rings is 1. The van der Waals surface area contributed by atoms with Gasteiger partial charge in [0.1, 0.15) is 0 Å². The molecule has 2 rings (SSSR count). The Morgan fingerprint density at radius 1 is 1.07 bits per heavy atom. The summed E-state index contributed by atoms with van der Waals surface area (Å²) in [5, 5.41) is 0. The molecule has 0 spiro atoms. The van der Waals surface area contributed by atoms with Gasteiger partial charge in [0.15, 0.2) is 0 Å². The van der Waals surface area contributed by atoms with Crippen LogP contribution in [0.25, 0.3) is 5.69 Å². The van der Waals surface area contributed by atoms with Crippen molar-refractivity contribution in [3.8, 4) is 5.69 Å². The maximum Gasteiger partial charge on any atom is 0.274 e. The first-order valence-electron chi connectivity index (χ1n) is 4.93. The minimum atomic E-state index is 0.0567. The molecule has 1 aromatic heterocycles. The van der Waals surface area contributed by atoms with Gasteiger partial charge in [-0.1, -0.05) is 18.2 Å². The SMILES string of the molecule is Cc1c(C)n(C)n(-c2ccccc2)c1=O. The van der Waals surface area contributed by atoms with Crippen LogP contribution in [0.1, 0.15) is 11.3 Å². The number of hydrogen-bond acceptors (Lipinski definition) is 1. The van der Waals surface area contributed by atoms with Crippen molar-refractivity contribution in [3.63, 3.8) is 0 Å². The summed E-state index contributed by atoms with van der Waals surface area (Å²) in [4.78, 5) is 12.0. The molecule has 0 saturated heterocycles. The molecule has 0 unspecified atom stereocenters. The smallest absolute Gasteiger partial charge is 0.274 e. The molecule has 0 amide bonds. The number of hydrogen-bond donors (Lipinski definition) is 0. The number of rotatable bonds is 1. The van der Waals surface area contributed by atoms with Crippen LogP contribution < -0.4 is 5.56 Å². The van der Waals surface area contributed by atoms with E-state index in [1.807, 2.05) is 55.9 Å². The largest absolute Gasteiger partial charge is 0.285 e. The van der Waals surface area contributed by atoms with Crippen LogP contribution in [0.3, 0.4) is 0 Å². The Kier molecular flexibility index (Phi) is 2.23. The molecule has 0 aliphatic rings. The lowest BCUT2D eigenvalue weighted by Gasteiger charge is -2.07. The Morgan fingerprint density at radius 3 is 2.13 bits per heavy atom. The third-order valence-corrected chi connectivity index (χ3v) is 2.84. The molecule has 0 bridgehead atoms. The van der Waals surface area contributed by atoms with Crippen LogP contribution in [-0.4, -0.2) is 9.36 Å². The highest BCUT2D eigenvalue weighted by Crippen LogP contribution is 2.08. The van der Waals surface area contributed by atoms with Crippen molar-refractivity contribution >= 4 is 0 Å². The molecule has 1 heterocycles. The van der Waals surface area contributed by atoms with Gasteiger partial charge in [0, 0.05) is 18.3 Å². The Hall–Kier alpha value is -1.77. The van der Waals surface area contributed by atoms with Gasteiger partial charge in [-0.3, -0.25) is 9.48 Å². The fourth-order valence-corrected chi connectivity index (χ4v) is 1.70. The van der Waals surface area contributed by atoms with E-state index >= 15 is 0 Å². The summed E-state index contributed by atoms with van der Waals surface area (Å²) in [6.45, 7) is 3.81. The molecule has 3 heteroatoms. The van der Waals surface area contributed by atoms with Crippen LogP contribution in [0.2, 0.25) is 0 Å². The highest BCUT2D eigenvalue weighted by atomic mass is 16.1. The van der Waals surface area contributed by atoms with E-state index in [2.05, 4.69) is 0 Å². The summed E-state index contributed by atoms with van der Waals surface area (Å²) in [6, 6.07) is 9.66. The number of nitrogens with zero attached hydrogens (tertiary/aromatic N) is 2. The van der Waals surface area contributed by atoms with Crippen LogP contribution in [0.5, 0.6) is 0 Å². The van der Waals surface area contributed by atoms with Gasteiger partial charge in [-0.25, -0.2) is 4.68 Å². The summed E-state index contributed by atoms with van der Waals surface area (Å²) in [5.41, 5.74) is 2.77. The van der Waals surface area contributed by atoms with E-state index in [0.717, 1.165) is 16.9 Å². The molecule has 0 fully saturated rings. The second-order valence-electron chi connectivity index (χ2n) is 3.69. The van der Waals surface area contributed by atoms with Gasteiger partial charge in [-0.15, -0.1) is 0 Å². The van der Waals surface area contributed by atoms with Gasteiger partial charge in [-0.05, 0) is 26.0 Å². The van der Waals surface area contributed by atoms with Crippen molar-refractivity contribution in [2.75, 3.05) is 0 Å². The number of aromatic nitrogens is 2. The lowest BCUT2D eigenvalue weighted by Crippen LogP contribution is -2.20. The van der Waals surface area contributed by atoms with Crippen molar-refractivity contribution in [3.05, 3.63) is 51.9 Å². The molecule has 0 saturated carbocycles. The summed E-state index contributed by atoms with van der Waals surface area (Å²) < 4.78 is 3.57.